The summed E-state index contributed by atoms with van der Waals surface area (Å²) in [7, 11) is 3.17. The topological polar surface area (TPSA) is 60.9 Å². The lowest BCUT2D eigenvalue weighted by molar-refractivity contribution is -0.120. The number of pyridine rings is 1. The first-order valence-corrected chi connectivity index (χ1v) is 9.23. The number of anilines is 1. The van der Waals surface area contributed by atoms with Gasteiger partial charge < -0.3 is 14.2 Å². The Morgan fingerprint density at radius 3 is 2.38 bits per heavy atom. The van der Waals surface area contributed by atoms with E-state index in [4.69, 9.17) is 14.2 Å². The van der Waals surface area contributed by atoms with Crippen LogP contribution < -0.4 is 19.1 Å². The first-order valence-electron chi connectivity index (χ1n) is 9.23. The molecular weight excluding hydrogens is 368 g/mol. The maximum atomic E-state index is 13.0. The van der Waals surface area contributed by atoms with Crippen LogP contribution >= 0.6 is 0 Å². The van der Waals surface area contributed by atoms with Crippen LogP contribution in [0.5, 0.6) is 17.2 Å². The minimum absolute atomic E-state index is 0.0886. The van der Waals surface area contributed by atoms with Gasteiger partial charge in [-0.15, -0.1) is 0 Å². The molecule has 1 amide bonds. The summed E-state index contributed by atoms with van der Waals surface area (Å²) >= 11 is 0. The number of aromatic nitrogens is 1. The Bertz CT molecular complexity index is 960. The van der Waals surface area contributed by atoms with E-state index >= 15 is 0 Å². The van der Waals surface area contributed by atoms with Gasteiger partial charge in [0.2, 0.25) is 0 Å². The van der Waals surface area contributed by atoms with E-state index in [0.717, 1.165) is 11.1 Å². The van der Waals surface area contributed by atoms with E-state index in [1.54, 1.807) is 31.4 Å². The van der Waals surface area contributed by atoms with Gasteiger partial charge in [-0.05, 0) is 48.4 Å². The molecule has 150 valence electrons. The first kappa shape index (κ1) is 20.2. The van der Waals surface area contributed by atoms with E-state index < -0.39 is 0 Å². The van der Waals surface area contributed by atoms with Crippen molar-refractivity contribution in [1.82, 2.24) is 4.98 Å². The summed E-state index contributed by atoms with van der Waals surface area (Å²) in [5, 5.41) is 0. The van der Waals surface area contributed by atoms with Crippen LogP contribution in [0.1, 0.15) is 11.1 Å². The molecule has 0 spiro atoms. The molecule has 0 aliphatic heterocycles. The second kappa shape index (κ2) is 9.59. The lowest BCUT2D eigenvalue weighted by atomic mass is 10.2. The van der Waals surface area contributed by atoms with Gasteiger partial charge in [0.25, 0.3) is 5.91 Å². The number of rotatable bonds is 8. The van der Waals surface area contributed by atoms with Gasteiger partial charge >= 0.3 is 0 Å². The first-order chi connectivity index (χ1) is 14.1. The molecule has 0 aliphatic rings. The van der Waals surface area contributed by atoms with E-state index in [0.29, 0.717) is 29.6 Å². The molecule has 0 aliphatic carbocycles. The number of carbonyl (C=O) groups excluding carboxylic acids is 1. The number of carbonyl (C=O) groups is 1. The minimum Gasteiger partial charge on any atom is -0.493 e. The van der Waals surface area contributed by atoms with Crippen molar-refractivity contribution in [3.8, 4) is 17.2 Å². The summed E-state index contributed by atoms with van der Waals surface area (Å²) in [5.41, 5.74) is 1.86. The minimum atomic E-state index is -0.193. The zero-order chi connectivity index (χ0) is 20.6. The Morgan fingerprint density at radius 1 is 0.931 bits per heavy atom. The number of aryl methyl sites for hydroxylation is 1. The van der Waals surface area contributed by atoms with Crippen LogP contribution in [0.25, 0.3) is 0 Å². The molecular formula is C23H24N2O4. The number of benzene rings is 2. The van der Waals surface area contributed by atoms with Crippen LogP contribution in [0.3, 0.4) is 0 Å². The third-order valence-corrected chi connectivity index (χ3v) is 4.46. The Balaban J connectivity index is 1.82. The Morgan fingerprint density at radius 2 is 1.69 bits per heavy atom. The number of para-hydroxylation sites is 1. The van der Waals surface area contributed by atoms with Gasteiger partial charge in [0.05, 0.1) is 20.8 Å². The largest absolute Gasteiger partial charge is 0.493 e. The molecule has 0 radical (unpaired) electrons. The number of methoxy groups -OCH3 is 2. The van der Waals surface area contributed by atoms with Gasteiger partial charge in [-0.3, -0.25) is 9.69 Å². The highest BCUT2D eigenvalue weighted by Crippen LogP contribution is 2.28. The van der Waals surface area contributed by atoms with E-state index in [1.165, 1.54) is 0 Å². The highest BCUT2D eigenvalue weighted by molar-refractivity contribution is 5.93. The van der Waals surface area contributed by atoms with Gasteiger partial charge in [-0.25, -0.2) is 4.98 Å². The van der Waals surface area contributed by atoms with E-state index in [2.05, 4.69) is 4.98 Å². The van der Waals surface area contributed by atoms with Crippen molar-refractivity contribution in [1.29, 1.82) is 0 Å². The Kier molecular flexibility index (Phi) is 6.68. The van der Waals surface area contributed by atoms with E-state index in [1.807, 2.05) is 61.5 Å². The van der Waals surface area contributed by atoms with Gasteiger partial charge in [0.1, 0.15) is 11.6 Å². The van der Waals surface area contributed by atoms with Crippen molar-refractivity contribution in [2.45, 2.75) is 13.5 Å². The van der Waals surface area contributed by atoms with Gasteiger partial charge in [0, 0.05) is 6.20 Å². The van der Waals surface area contributed by atoms with Crippen molar-refractivity contribution >= 4 is 11.7 Å². The lowest BCUT2D eigenvalue weighted by Gasteiger charge is -2.22. The zero-order valence-electron chi connectivity index (χ0n) is 16.8. The van der Waals surface area contributed by atoms with Crippen LogP contribution in [0.2, 0.25) is 0 Å². The predicted molar refractivity (Wildman–Crippen MR) is 112 cm³/mol. The van der Waals surface area contributed by atoms with Crippen LogP contribution in [0, 0.1) is 6.92 Å². The highest BCUT2D eigenvalue weighted by atomic mass is 16.5. The second-order valence-corrected chi connectivity index (χ2v) is 6.41. The molecule has 3 rings (SSSR count). The highest BCUT2D eigenvalue weighted by Gasteiger charge is 2.19. The molecule has 1 heterocycles. The second-order valence-electron chi connectivity index (χ2n) is 6.41. The maximum absolute atomic E-state index is 13.0. The number of ether oxygens (including phenoxy) is 3. The normalized spacial score (nSPS) is 10.3. The molecule has 0 fully saturated rings. The standard InChI is InChI=1S/C23H24N2O4/c1-17-8-4-5-9-19(17)29-16-23(26)25(22-10-6-7-13-24-22)15-18-11-12-20(27-2)21(14-18)28-3/h4-14H,15-16H2,1-3H3. The third-order valence-electron chi connectivity index (χ3n) is 4.46. The summed E-state index contributed by atoms with van der Waals surface area (Å²) in [6, 6.07) is 18.6. The van der Waals surface area contributed by atoms with Crippen LogP contribution in [0.15, 0.2) is 66.9 Å². The molecule has 6 heteroatoms. The SMILES string of the molecule is COc1ccc(CN(C(=O)COc2ccccc2C)c2ccccn2)cc1OC. The average Bonchev–Trinajstić information content (AvgIpc) is 2.77. The zero-order valence-corrected chi connectivity index (χ0v) is 16.8. The van der Waals surface area contributed by atoms with Gasteiger partial charge in [-0.2, -0.15) is 0 Å². The summed E-state index contributed by atoms with van der Waals surface area (Å²) in [6.07, 6.45) is 1.66. The fourth-order valence-electron chi connectivity index (χ4n) is 2.91. The molecule has 2 aromatic carbocycles. The fourth-order valence-corrected chi connectivity index (χ4v) is 2.91. The number of nitrogens with zero attached hydrogens (tertiary/aromatic N) is 2. The molecule has 0 bridgehead atoms. The molecule has 0 saturated heterocycles. The van der Waals surface area contributed by atoms with Gasteiger partial charge in [0.15, 0.2) is 18.1 Å². The predicted octanol–water partition coefficient (Wildman–Crippen LogP) is 4.02. The molecule has 0 N–H and O–H groups in total. The molecule has 0 unspecified atom stereocenters. The molecule has 29 heavy (non-hydrogen) atoms. The monoisotopic (exact) mass is 392 g/mol. The third kappa shape index (κ3) is 5.04. The summed E-state index contributed by atoms with van der Waals surface area (Å²) in [4.78, 5) is 19.0. The number of hydrogen-bond acceptors (Lipinski definition) is 5. The summed E-state index contributed by atoms with van der Waals surface area (Å²) in [6.45, 7) is 2.18. The van der Waals surface area contributed by atoms with E-state index in [9.17, 15) is 4.79 Å². The molecule has 3 aromatic rings. The number of amides is 1. The van der Waals surface area contributed by atoms with Crippen LogP contribution in [-0.4, -0.2) is 31.7 Å². The molecule has 0 saturated carbocycles. The smallest absolute Gasteiger partial charge is 0.266 e. The van der Waals surface area contributed by atoms with Gasteiger partial charge in [-0.1, -0.05) is 30.3 Å². The Labute approximate surface area is 170 Å². The van der Waals surface area contributed by atoms with Crippen molar-refractivity contribution in [2.75, 3.05) is 25.7 Å². The molecule has 6 nitrogen and oxygen atoms in total. The van der Waals surface area contributed by atoms with Crippen LogP contribution in [0.4, 0.5) is 5.82 Å². The van der Waals surface area contributed by atoms with Crippen molar-refractivity contribution < 1.29 is 19.0 Å². The lowest BCUT2D eigenvalue weighted by Crippen LogP contribution is -2.35. The van der Waals surface area contributed by atoms with Crippen LogP contribution in [-0.2, 0) is 11.3 Å². The quantitative estimate of drug-likeness (QED) is 0.579. The summed E-state index contributed by atoms with van der Waals surface area (Å²) < 4.78 is 16.4. The van der Waals surface area contributed by atoms with E-state index in [-0.39, 0.29) is 12.5 Å². The number of hydrogen-bond donors (Lipinski definition) is 0. The fraction of sp³-hybridized carbons (Fsp3) is 0.217. The van der Waals surface area contributed by atoms with Crippen molar-refractivity contribution in [3.63, 3.8) is 0 Å². The Hall–Kier alpha value is -3.54. The maximum Gasteiger partial charge on any atom is 0.266 e. The molecule has 1 aromatic heterocycles. The summed E-state index contributed by atoms with van der Waals surface area (Å²) in [5.74, 6) is 2.29. The van der Waals surface area contributed by atoms with Crippen molar-refractivity contribution in [2.24, 2.45) is 0 Å². The van der Waals surface area contributed by atoms with Crippen molar-refractivity contribution in [3.05, 3.63) is 78.0 Å². The molecule has 0 atom stereocenters. The average molecular weight is 392 g/mol.